The number of hydrogen-bond acceptors (Lipinski definition) is 5. The van der Waals surface area contributed by atoms with Gasteiger partial charge in [0.25, 0.3) is 0 Å². The summed E-state index contributed by atoms with van der Waals surface area (Å²) in [6.07, 6.45) is 8.09. The second-order valence-electron chi connectivity index (χ2n) is 11.6. The molecule has 3 amide bonds. The maximum Gasteiger partial charge on any atom is 0.249 e. The predicted octanol–water partition coefficient (Wildman–Crippen LogP) is 2.53. The first-order valence-electron chi connectivity index (χ1n) is 13.2. The van der Waals surface area contributed by atoms with E-state index < -0.39 is 40.7 Å². The normalized spacial score (nSPS) is 34.3. The summed E-state index contributed by atoms with van der Waals surface area (Å²) in [6.45, 7) is 10.0. The first-order valence-corrected chi connectivity index (χ1v) is 13.2. The number of para-hydroxylation sites is 1. The number of hydrogen-bond donors (Lipinski definition) is 1. The molecule has 198 valence electrons. The molecule has 1 spiro atoms. The smallest absolute Gasteiger partial charge is 0.249 e. The molecule has 8 nitrogen and oxygen atoms in total. The number of ether oxygens (including phenoxy) is 1. The molecular formula is C29H37N3O5. The molecule has 1 aromatic carbocycles. The quantitative estimate of drug-likeness (QED) is 0.633. The Labute approximate surface area is 218 Å². The molecule has 2 fully saturated rings. The van der Waals surface area contributed by atoms with Crippen LogP contribution in [0, 0.1) is 11.8 Å². The van der Waals surface area contributed by atoms with Crippen LogP contribution in [0.25, 0.3) is 0 Å². The lowest BCUT2D eigenvalue weighted by Crippen LogP contribution is -2.60. The Morgan fingerprint density at radius 3 is 2.30 bits per heavy atom. The number of likely N-dealkylation sites (tertiary alicyclic amines) is 1. The van der Waals surface area contributed by atoms with Gasteiger partial charge in [0.2, 0.25) is 17.7 Å². The minimum atomic E-state index is -1.32. The van der Waals surface area contributed by atoms with Crippen LogP contribution in [-0.2, 0) is 19.1 Å². The molecule has 5 rings (SSSR count). The lowest BCUT2D eigenvalue weighted by Gasteiger charge is -2.42. The number of carbonyl (C=O) groups excluding carboxylic acids is 3. The number of rotatable bonds is 4. The van der Waals surface area contributed by atoms with Gasteiger partial charge >= 0.3 is 0 Å². The van der Waals surface area contributed by atoms with Crippen LogP contribution in [0.15, 0.2) is 54.6 Å². The van der Waals surface area contributed by atoms with Crippen LogP contribution in [0.4, 0.5) is 5.69 Å². The summed E-state index contributed by atoms with van der Waals surface area (Å²) in [7, 11) is 0. The number of fused-ring (bicyclic) bond motifs is 2. The van der Waals surface area contributed by atoms with E-state index in [1.165, 1.54) is 4.90 Å². The summed E-state index contributed by atoms with van der Waals surface area (Å²) < 4.78 is 6.95. The Balaban J connectivity index is 1.70. The molecule has 1 unspecified atom stereocenters. The van der Waals surface area contributed by atoms with E-state index in [0.717, 1.165) is 5.69 Å². The molecule has 1 N–H and O–H groups in total. The van der Waals surface area contributed by atoms with Crippen molar-refractivity contribution in [3.8, 4) is 0 Å². The Morgan fingerprint density at radius 2 is 1.68 bits per heavy atom. The van der Waals surface area contributed by atoms with Crippen molar-refractivity contribution in [3.63, 3.8) is 0 Å². The van der Waals surface area contributed by atoms with E-state index in [1.807, 2.05) is 82.3 Å². The average molecular weight is 508 g/mol. The molecular weight excluding hydrogens is 470 g/mol. The molecule has 2 saturated heterocycles. The number of amides is 3. The van der Waals surface area contributed by atoms with Crippen LogP contribution in [-0.4, -0.2) is 81.1 Å². The molecule has 0 aromatic heterocycles. The van der Waals surface area contributed by atoms with Crippen LogP contribution in [0.2, 0.25) is 0 Å². The van der Waals surface area contributed by atoms with E-state index in [0.29, 0.717) is 19.5 Å². The maximum absolute atomic E-state index is 14.4. The number of nitrogens with zero attached hydrogens (tertiary/aromatic N) is 3. The third-order valence-electron chi connectivity index (χ3n) is 8.49. The Bertz CT molecular complexity index is 1160. The second kappa shape index (κ2) is 8.81. The van der Waals surface area contributed by atoms with Crippen molar-refractivity contribution in [1.29, 1.82) is 0 Å². The molecule has 37 heavy (non-hydrogen) atoms. The van der Waals surface area contributed by atoms with Gasteiger partial charge in [0.05, 0.1) is 30.1 Å². The van der Waals surface area contributed by atoms with Crippen LogP contribution >= 0.6 is 0 Å². The summed E-state index contributed by atoms with van der Waals surface area (Å²) in [5.74, 6) is -2.46. The molecule has 0 aliphatic carbocycles. The number of aliphatic hydroxyl groups is 1. The van der Waals surface area contributed by atoms with Gasteiger partial charge in [-0.1, -0.05) is 49.4 Å². The lowest BCUT2D eigenvalue weighted by molar-refractivity contribution is -0.157. The van der Waals surface area contributed by atoms with Gasteiger partial charge < -0.3 is 24.5 Å². The topological polar surface area (TPSA) is 90.4 Å². The third-order valence-corrected chi connectivity index (χ3v) is 8.49. The van der Waals surface area contributed by atoms with E-state index >= 15 is 0 Å². The van der Waals surface area contributed by atoms with Gasteiger partial charge in [-0.05, 0) is 46.2 Å². The minimum Gasteiger partial charge on any atom is -0.394 e. The first kappa shape index (κ1) is 25.7. The molecule has 4 heterocycles. The van der Waals surface area contributed by atoms with Crippen molar-refractivity contribution in [1.82, 2.24) is 9.80 Å². The summed E-state index contributed by atoms with van der Waals surface area (Å²) in [5.41, 5.74) is -2.10. The highest BCUT2D eigenvalue weighted by atomic mass is 16.5. The van der Waals surface area contributed by atoms with Gasteiger partial charge in [0, 0.05) is 24.3 Å². The molecule has 0 radical (unpaired) electrons. The van der Waals surface area contributed by atoms with Crippen molar-refractivity contribution in [2.75, 3.05) is 24.6 Å². The summed E-state index contributed by atoms with van der Waals surface area (Å²) in [6, 6.07) is 7.83. The summed E-state index contributed by atoms with van der Waals surface area (Å²) in [4.78, 5) is 47.8. The molecule has 4 aliphatic rings. The Hall–Kier alpha value is -2.97. The van der Waals surface area contributed by atoms with Gasteiger partial charge in [-0.25, -0.2) is 0 Å². The highest BCUT2D eigenvalue weighted by molar-refractivity contribution is 6.04. The molecule has 1 aromatic rings. The second-order valence-corrected chi connectivity index (χ2v) is 11.6. The molecule has 6 atom stereocenters. The van der Waals surface area contributed by atoms with Gasteiger partial charge in [0.1, 0.15) is 11.6 Å². The summed E-state index contributed by atoms with van der Waals surface area (Å²) in [5, 5.41) is 10.1. The fraction of sp³-hybridized carbons (Fsp3) is 0.552. The lowest BCUT2D eigenvalue weighted by atomic mass is 9.73. The molecule has 4 aliphatic heterocycles. The number of aliphatic hydroxyl groups excluding tert-OH is 1. The molecule has 0 saturated carbocycles. The fourth-order valence-corrected chi connectivity index (χ4v) is 6.71. The van der Waals surface area contributed by atoms with Crippen molar-refractivity contribution in [2.45, 2.75) is 69.9 Å². The third kappa shape index (κ3) is 3.60. The highest BCUT2D eigenvalue weighted by Gasteiger charge is 2.76. The van der Waals surface area contributed by atoms with Crippen LogP contribution in [0.5, 0.6) is 0 Å². The predicted molar refractivity (Wildman–Crippen MR) is 140 cm³/mol. The van der Waals surface area contributed by atoms with Crippen molar-refractivity contribution < 1.29 is 24.2 Å². The van der Waals surface area contributed by atoms with Gasteiger partial charge in [-0.2, -0.15) is 0 Å². The van der Waals surface area contributed by atoms with E-state index in [2.05, 4.69) is 0 Å². The standard InChI is InChI=1S/C29H37N3O5/c1-6-28-14-10-16-30(20-12-8-7-9-13-20)24(34)21(28)22-25(35)32(19(2)18-33)23-26(36)31(27(3,4)5)17-11-15-29(22,23)37-28/h7-15,19,21-23,33H,6,16-18H2,1-5H3/t19-,21+,22+,23?,28-,29+/m1/s1. The number of benzene rings is 1. The minimum absolute atomic E-state index is 0.191. The van der Waals surface area contributed by atoms with E-state index in [9.17, 15) is 19.5 Å². The maximum atomic E-state index is 14.4. The zero-order valence-corrected chi connectivity index (χ0v) is 22.3. The van der Waals surface area contributed by atoms with Crippen LogP contribution in [0.1, 0.15) is 41.0 Å². The molecule has 0 bridgehead atoms. The van der Waals surface area contributed by atoms with E-state index in [1.54, 1.807) is 16.7 Å². The SMILES string of the molecule is CC[C@@]12C=CCN(c3ccccc3)C(=O)[C@@H]1[C@H]1C(=O)N([C@H](C)CO)C3C(=O)N(C(C)(C)C)CC=C[C@@]31O2. The van der Waals surface area contributed by atoms with E-state index in [-0.39, 0.29) is 24.3 Å². The largest absolute Gasteiger partial charge is 0.394 e. The average Bonchev–Trinajstić information content (AvgIpc) is 3.16. The van der Waals surface area contributed by atoms with Gasteiger partial charge in [-0.3, -0.25) is 14.4 Å². The van der Waals surface area contributed by atoms with E-state index in [4.69, 9.17) is 4.74 Å². The highest BCUT2D eigenvalue weighted by Crippen LogP contribution is 2.59. The van der Waals surface area contributed by atoms with Gasteiger partial charge in [0.15, 0.2) is 0 Å². The zero-order chi connectivity index (χ0) is 26.8. The monoisotopic (exact) mass is 507 g/mol. The fourth-order valence-electron chi connectivity index (χ4n) is 6.71. The van der Waals surface area contributed by atoms with Crippen molar-refractivity contribution >= 4 is 23.4 Å². The summed E-state index contributed by atoms with van der Waals surface area (Å²) >= 11 is 0. The number of anilines is 1. The first-order chi connectivity index (χ1) is 17.5. The Morgan fingerprint density at radius 1 is 1.00 bits per heavy atom. The van der Waals surface area contributed by atoms with Crippen molar-refractivity contribution in [3.05, 3.63) is 54.6 Å². The van der Waals surface area contributed by atoms with Crippen LogP contribution in [0.3, 0.4) is 0 Å². The molecule has 8 heteroatoms. The van der Waals surface area contributed by atoms with Crippen LogP contribution < -0.4 is 4.90 Å². The van der Waals surface area contributed by atoms with Gasteiger partial charge in [-0.15, -0.1) is 0 Å². The Kier molecular flexibility index (Phi) is 6.11. The van der Waals surface area contributed by atoms with Crippen molar-refractivity contribution in [2.24, 2.45) is 11.8 Å². The number of carbonyl (C=O) groups is 3. The zero-order valence-electron chi connectivity index (χ0n) is 22.3.